The van der Waals surface area contributed by atoms with E-state index in [0.29, 0.717) is 22.2 Å². The van der Waals surface area contributed by atoms with Crippen molar-refractivity contribution in [2.75, 3.05) is 11.9 Å². The van der Waals surface area contributed by atoms with Crippen molar-refractivity contribution in [1.82, 2.24) is 0 Å². The summed E-state index contributed by atoms with van der Waals surface area (Å²) < 4.78 is 5.39. The van der Waals surface area contributed by atoms with Gasteiger partial charge in [0.25, 0.3) is 17.5 Å². The molecule has 1 atom stereocenters. The fraction of sp³-hybridized carbons (Fsp3) is 0.429. The molecule has 1 aromatic carbocycles. The third-order valence-electron chi connectivity index (χ3n) is 5.41. The number of carbonyl (C=O) groups is 2. The van der Waals surface area contributed by atoms with Crippen LogP contribution in [0, 0.1) is 21.4 Å². The lowest BCUT2D eigenvalue weighted by molar-refractivity contribution is -0.384. The zero-order valence-electron chi connectivity index (χ0n) is 17.2. The summed E-state index contributed by atoms with van der Waals surface area (Å²) in [5.41, 5.74) is 7.06. The number of amides is 2. The van der Waals surface area contributed by atoms with Crippen LogP contribution in [-0.4, -0.2) is 23.3 Å². The number of hydrogen-bond acceptors (Lipinski definition) is 6. The number of rotatable bonds is 6. The van der Waals surface area contributed by atoms with Crippen LogP contribution in [0.4, 0.5) is 10.7 Å². The van der Waals surface area contributed by atoms with Gasteiger partial charge in [0.05, 0.1) is 10.5 Å². The molecule has 0 unspecified atom stereocenters. The van der Waals surface area contributed by atoms with Crippen LogP contribution in [0.5, 0.6) is 5.75 Å². The molecule has 9 heteroatoms. The standard InChI is InChI=1S/C21H25N3O5S/c1-21(2,3)12-4-9-15-16(10-12)30-20(18(15)19(22)26)23-17(25)11-29-14-7-5-13(6-8-14)24(27)28/h5-8,12H,4,9-11H2,1-3H3,(H2,22,26)(H,23,25)/t12-/m1/s1. The van der Waals surface area contributed by atoms with Crippen LogP contribution in [0.3, 0.4) is 0 Å². The number of hydrogen-bond donors (Lipinski definition) is 2. The van der Waals surface area contributed by atoms with E-state index in [1.54, 1.807) is 0 Å². The monoisotopic (exact) mass is 431 g/mol. The molecule has 30 heavy (non-hydrogen) atoms. The summed E-state index contributed by atoms with van der Waals surface area (Å²) in [6.07, 6.45) is 2.60. The number of carbonyl (C=O) groups excluding carboxylic acids is 2. The normalized spacial score (nSPS) is 15.9. The second-order valence-corrected chi connectivity index (χ2v) is 9.57. The Hall–Kier alpha value is -2.94. The molecule has 0 saturated carbocycles. The van der Waals surface area contributed by atoms with Gasteiger partial charge in [-0.05, 0) is 48.3 Å². The maximum atomic E-state index is 12.4. The van der Waals surface area contributed by atoms with Gasteiger partial charge in [-0.3, -0.25) is 19.7 Å². The molecule has 2 aromatic rings. The summed E-state index contributed by atoms with van der Waals surface area (Å²) in [7, 11) is 0. The molecule has 0 aliphatic heterocycles. The first-order valence-corrected chi connectivity index (χ1v) is 10.5. The molecule has 0 bridgehead atoms. The van der Waals surface area contributed by atoms with E-state index in [-0.39, 0.29) is 17.7 Å². The minimum atomic E-state index is -0.548. The van der Waals surface area contributed by atoms with Gasteiger partial charge in [0, 0.05) is 17.0 Å². The number of nitrogens with zero attached hydrogens (tertiary/aromatic N) is 1. The highest BCUT2D eigenvalue weighted by molar-refractivity contribution is 7.17. The SMILES string of the molecule is CC(C)(C)[C@@H]1CCc2c(sc(NC(=O)COc3ccc([N+](=O)[O-])cc3)c2C(N)=O)C1. The molecule has 1 heterocycles. The highest BCUT2D eigenvalue weighted by atomic mass is 32.1. The van der Waals surface area contributed by atoms with Gasteiger partial charge in [-0.2, -0.15) is 0 Å². The first kappa shape index (κ1) is 21.8. The number of ether oxygens (including phenoxy) is 1. The van der Waals surface area contributed by atoms with Crippen LogP contribution < -0.4 is 15.8 Å². The van der Waals surface area contributed by atoms with Gasteiger partial charge in [-0.25, -0.2) is 0 Å². The first-order valence-electron chi connectivity index (χ1n) is 9.67. The summed E-state index contributed by atoms with van der Waals surface area (Å²) >= 11 is 1.40. The minimum absolute atomic E-state index is 0.0596. The Kier molecular flexibility index (Phi) is 6.12. The molecule has 0 radical (unpaired) electrons. The van der Waals surface area contributed by atoms with Gasteiger partial charge in [0.2, 0.25) is 0 Å². The van der Waals surface area contributed by atoms with Crippen LogP contribution in [0.25, 0.3) is 0 Å². The lowest BCUT2D eigenvalue weighted by Crippen LogP contribution is -2.27. The van der Waals surface area contributed by atoms with Crippen LogP contribution >= 0.6 is 11.3 Å². The topological polar surface area (TPSA) is 125 Å². The molecule has 1 aliphatic carbocycles. The third kappa shape index (κ3) is 4.79. The highest BCUT2D eigenvalue weighted by Crippen LogP contribution is 2.44. The summed E-state index contributed by atoms with van der Waals surface area (Å²) in [5.74, 6) is -0.141. The Morgan fingerprint density at radius 3 is 2.53 bits per heavy atom. The predicted molar refractivity (Wildman–Crippen MR) is 115 cm³/mol. The zero-order valence-corrected chi connectivity index (χ0v) is 18.0. The smallest absolute Gasteiger partial charge is 0.269 e. The Labute approximate surface area is 178 Å². The van der Waals surface area contributed by atoms with Crippen molar-refractivity contribution >= 4 is 33.8 Å². The average molecular weight is 432 g/mol. The molecule has 2 amide bonds. The number of non-ortho nitro benzene ring substituents is 1. The Bertz CT molecular complexity index is 976. The molecule has 1 aromatic heterocycles. The van der Waals surface area contributed by atoms with E-state index in [0.717, 1.165) is 29.7 Å². The number of nitro benzene ring substituents is 1. The largest absolute Gasteiger partial charge is 0.484 e. The van der Waals surface area contributed by atoms with E-state index in [1.165, 1.54) is 35.6 Å². The van der Waals surface area contributed by atoms with E-state index in [2.05, 4.69) is 26.1 Å². The second kappa shape index (κ2) is 8.43. The quantitative estimate of drug-likeness (QED) is 0.530. The molecular formula is C21H25N3O5S. The van der Waals surface area contributed by atoms with E-state index in [4.69, 9.17) is 10.5 Å². The number of nitrogens with one attached hydrogen (secondary N) is 1. The lowest BCUT2D eigenvalue weighted by atomic mass is 9.72. The van der Waals surface area contributed by atoms with Crippen molar-refractivity contribution in [2.45, 2.75) is 40.0 Å². The van der Waals surface area contributed by atoms with Crippen molar-refractivity contribution < 1.29 is 19.2 Å². The molecule has 3 rings (SSSR count). The van der Waals surface area contributed by atoms with Gasteiger partial charge in [-0.15, -0.1) is 11.3 Å². The average Bonchev–Trinajstić information content (AvgIpc) is 3.03. The highest BCUT2D eigenvalue weighted by Gasteiger charge is 2.33. The zero-order chi connectivity index (χ0) is 22.1. The second-order valence-electron chi connectivity index (χ2n) is 8.47. The Balaban J connectivity index is 1.70. The van der Waals surface area contributed by atoms with E-state index < -0.39 is 16.7 Å². The maximum Gasteiger partial charge on any atom is 0.269 e. The van der Waals surface area contributed by atoms with E-state index in [9.17, 15) is 19.7 Å². The number of fused-ring (bicyclic) bond motifs is 1. The minimum Gasteiger partial charge on any atom is -0.484 e. The van der Waals surface area contributed by atoms with E-state index in [1.807, 2.05) is 0 Å². The molecule has 1 aliphatic rings. The Morgan fingerprint density at radius 1 is 1.30 bits per heavy atom. The fourth-order valence-electron chi connectivity index (χ4n) is 3.65. The third-order valence-corrected chi connectivity index (χ3v) is 6.58. The molecule has 0 saturated heterocycles. The first-order chi connectivity index (χ1) is 14.1. The van der Waals surface area contributed by atoms with Gasteiger partial charge >= 0.3 is 0 Å². The molecule has 3 N–H and O–H groups in total. The van der Waals surface area contributed by atoms with Gasteiger partial charge in [-0.1, -0.05) is 20.8 Å². The summed E-state index contributed by atoms with van der Waals surface area (Å²) in [6, 6.07) is 5.46. The van der Waals surface area contributed by atoms with Gasteiger partial charge in [0.15, 0.2) is 6.61 Å². The van der Waals surface area contributed by atoms with Crippen LogP contribution in [0.2, 0.25) is 0 Å². The fourth-order valence-corrected chi connectivity index (χ4v) is 5.00. The Morgan fingerprint density at radius 2 is 1.97 bits per heavy atom. The molecule has 0 spiro atoms. The molecule has 0 fully saturated rings. The molecule has 160 valence electrons. The number of nitro groups is 1. The van der Waals surface area contributed by atoms with Crippen molar-refractivity contribution in [3.8, 4) is 5.75 Å². The van der Waals surface area contributed by atoms with E-state index >= 15 is 0 Å². The molecular weight excluding hydrogens is 406 g/mol. The van der Waals surface area contributed by atoms with Crippen molar-refractivity contribution in [1.29, 1.82) is 0 Å². The van der Waals surface area contributed by atoms with Crippen molar-refractivity contribution in [3.63, 3.8) is 0 Å². The summed E-state index contributed by atoms with van der Waals surface area (Å²) in [5, 5.41) is 13.9. The van der Waals surface area contributed by atoms with Gasteiger partial charge in [0.1, 0.15) is 10.8 Å². The number of primary amides is 1. The van der Waals surface area contributed by atoms with Crippen LogP contribution in [-0.2, 0) is 17.6 Å². The number of thiophene rings is 1. The maximum absolute atomic E-state index is 12.4. The van der Waals surface area contributed by atoms with Crippen LogP contribution in [0.15, 0.2) is 24.3 Å². The lowest BCUT2D eigenvalue weighted by Gasteiger charge is -2.33. The number of anilines is 1. The summed E-state index contributed by atoms with van der Waals surface area (Å²) in [6.45, 7) is 6.35. The van der Waals surface area contributed by atoms with Crippen LogP contribution in [0.1, 0.15) is 48.0 Å². The summed E-state index contributed by atoms with van der Waals surface area (Å²) in [4.78, 5) is 35.7. The molecule has 8 nitrogen and oxygen atoms in total. The predicted octanol–water partition coefficient (Wildman–Crippen LogP) is 3.92. The van der Waals surface area contributed by atoms with Crippen molar-refractivity contribution in [2.24, 2.45) is 17.1 Å². The number of benzene rings is 1. The van der Waals surface area contributed by atoms with Crippen molar-refractivity contribution in [3.05, 3.63) is 50.4 Å². The van der Waals surface area contributed by atoms with Gasteiger partial charge < -0.3 is 15.8 Å². The number of nitrogens with two attached hydrogens (primary N) is 1.